The van der Waals surface area contributed by atoms with Crippen LogP contribution in [0, 0.1) is 6.92 Å². The Bertz CT molecular complexity index is 785. The minimum absolute atomic E-state index is 0.507. The second kappa shape index (κ2) is 6.21. The van der Waals surface area contributed by atoms with Gasteiger partial charge in [0.25, 0.3) is 0 Å². The van der Waals surface area contributed by atoms with E-state index in [1.54, 1.807) is 30.3 Å². The fourth-order valence-corrected chi connectivity index (χ4v) is 2.29. The maximum absolute atomic E-state index is 6.12. The number of anilines is 4. The van der Waals surface area contributed by atoms with Crippen molar-refractivity contribution in [1.29, 1.82) is 0 Å². The van der Waals surface area contributed by atoms with Gasteiger partial charge in [-0.25, -0.2) is 9.97 Å². The molecule has 0 bridgehead atoms. The van der Waals surface area contributed by atoms with Gasteiger partial charge in [0.2, 0.25) is 0 Å². The Morgan fingerprint density at radius 1 is 0.955 bits per heavy atom. The summed E-state index contributed by atoms with van der Waals surface area (Å²) >= 11 is 12.2. The summed E-state index contributed by atoms with van der Waals surface area (Å²) in [7, 11) is 0. The zero-order valence-corrected chi connectivity index (χ0v) is 13.0. The molecule has 6 nitrogen and oxygen atoms in total. The molecule has 0 saturated carbocycles. The highest BCUT2D eigenvalue weighted by molar-refractivity contribution is 6.39. The van der Waals surface area contributed by atoms with E-state index < -0.39 is 0 Å². The number of nitrogens with one attached hydrogen (secondary N) is 2. The topological polar surface area (TPSA) is 75.9 Å². The molecule has 0 unspecified atom stereocenters. The molecular weight excluding hydrogens is 325 g/mol. The van der Waals surface area contributed by atoms with Crippen molar-refractivity contribution >= 4 is 46.3 Å². The van der Waals surface area contributed by atoms with E-state index in [0.717, 1.165) is 0 Å². The third-order valence-corrected chi connectivity index (χ3v) is 3.40. The van der Waals surface area contributed by atoms with E-state index in [4.69, 9.17) is 27.7 Å². The minimum atomic E-state index is 0.507. The first-order chi connectivity index (χ1) is 10.6. The zero-order valence-electron chi connectivity index (χ0n) is 11.5. The largest absolute Gasteiger partial charge is 0.360 e. The van der Waals surface area contributed by atoms with Gasteiger partial charge in [0, 0.05) is 12.1 Å². The van der Waals surface area contributed by atoms with Crippen molar-refractivity contribution in [3.8, 4) is 0 Å². The van der Waals surface area contributed by atoms with Crippen molar-refractivity contribution in [2.24, 2.45) is 0 Å². The molecule has 0 aliphatic heterocycles. The Morgan fingerprint density at radius 3 is 2.27 bits per heavy atom. The van der Waals surface area contributed by atoms with Gasteiger partial charge in [0.05, 0.1) is 15.7 Å². The number of halogens is 2. The van der Waals surface area contributed by atoms with Crippen molar-refractivity contribution in [2.45, 2.75) is 6.92 Å². The van der Waals surface area contributed by atoms with Crippen LogP contribution in [0.2, 0.25) is 10.0 Å². The Labute approximate surface area is 136 Å². The van der Waals surface area contributed by atoms with E-state index in [1.807, 2.05) is 6.92 Å². The summed E-state index contributed by atoms with van der Waals surface area (Å²) in [5, 5.41) is 10.9. The molecule has 0 saturated heterocycles. The van der Waals surface area contributed by atoms with Gasteiger partial charge in [0.15, 0.2) is 5.82 Å². The maximum atomic E-state index is 6.12. The van der Waals surface area contributed by atoms with Gasteiger partial charge in [-0.3, -0.25) is 0 Å². The van der Waals surface area contributed by atoms with Gasteiger partial charge >= 0.3 is 0 Å². The van der Waals surface area contributed by atoms with E-state index in [9.17, 15) is 0 Å². The molecule has 0 aliphatic carbocycles. The fourth-order valence-electron chi connectivity index (χ4n) is 1.80. The lowest BCUT2D eigenvalue weighted by Gasteiger charge is -2.10. The van der Waals surface area contributed by atoms with E-state index in [1.165, 1.54) is 6.33 Å². The molecule has 0 spiro atoms. The van der Waals surface area contributed by atoms with Crippen LogP contribution in [-0.4, -0.2) is 15.1 Å². The summed E-state index contributed by atoms with van der Waals surface area (Å²) in [6.07, 6.45) is 1.42. The summed E-state index contributed by atoms with van der Waals surface area (Å²) in [5.74, 6) is 2.39. The predicted molar refractivity (Wildman–Crippen MR) is 86.3 cm³/mol. The molecule has 0 radical (unpaired) electrons. The van der Waals surface area contributed by atoms with Crippen LogP contribution in [0.3, 0.4) is 0 Å². The van der Waals surface area contributed by atoms with Crippen LogP contribution in [0.5, 0.6) is 0 Å². The number of aryl methyl sites for hydroxylation is 1. The average molecular weight is 336 g/mol. The molecule has 112 valence electrons. The summed E-state index contributed by atoms with van der Waals surface area (Å²) in [6, 6.07) is 8.74. The van der Waals surface area contributed by atoms with Crippen molar-refractivity contribution in [3.05, 3.63) is 52.5 Å². The summed E-state index contributed by atoms with van der Waals surface area (Å²) in [6.45, 7) is 1.81. The van der Waals surface area contributed by atoms with Crippen molar-refractivity contribution in [3.63, 3.8) is 0 Å². The lowest BCUT2D eigenvalue weighted by atomic mass is 10.3. The molecule has 8 heteroatoms. The van der Waals surface area contributed by atoms with Crippen LogP contribution in [-0.2, 0) is 0 Å². The Hall–Kier alpha value is -2.31. The van der Waals surface area contributed by atoms with Gasteiger partial charge in [-0.15, -0.1) is 0 Å². The van der Waals surface area contributed by atoms with E-state index in [-0.39, 0.29) is 0 Å². The lowest BCUT2D eigenvalue weighted by Crippen LogP contribution is -1.99. The molecule has 22 heavy (non-hydrogen) atoms. The van der Waals surface area contributed by atoms with Crippen LogP contribution in [0.1, 0.15) is 5.76 Å². The van der Waals surface area contributed by atoms with Crippen LogP contribution in [0.15, 0.2) is 41.2 Å². The SMILES string of the molecule is Cc1cc(Nc2cc(Nc3c(Cl)cccc3Cl)ncn2)no1. The number of nitrogens with zero attached hydrogens (tertiary/aromatic N) is 3. The van der Waals surface area contributed by atoms with Gasteiger partial charge < -0.3 is 15.2 Å². The first-order valence-electron chi connectivity index (χ1n) is 6.35. The molecule has 2 aromatic heterocycles. The van der Waals surface area contributed by atoms with Crippen molar-refractivity contribution in [1.82, 2.24) is 15.1 Å². The first-order valence-corrected chi connectivity index (χ1v) is 7.11. The number of para-hydroxylation sites is 1. The summed E-state index contributed by atoms with van der Waals surface area (Å²) in [5.41, 5.74) is 0.591. The molecular formula is C14H11Cl2N5O. The van der Waals surface area contributed by atoms with Crippen LogP contribution >= 0.6 is 23.2 Å². The normalized spacial score (nSPS) is 10.5. The van der Waals surface area contributed by atoms with Gasteiger partial charge in [-0.1, -0.05) is 34.4 Å². The molecule has 2 N–H and O–H groups in total. The minimum Gasteiger partial charge on any atom is -0.360 e. The average Bonchev–Trinajstić information content (AvgIpc) is 2.89. The van der Waals surface area contributed by atoms with Crippen LogP contribution in [0.25, 0.3) is 0 Å². The first kappa shape index (κ1) is 14.6. The smallest absolute Gasteiger partial charge is 0.175 e. The molecule has 0 fully saturated rings. The zero-order chi connectivity index (χ0) is 15.5. The summed E-state index contributed by atoms with van der Waals surface area (Å²) in [4.78, 5) is 8.26. The van der Waals surface area contributed by atoms with Gasteiger partial charge in [-0.05, 0) is 19.1 Å². The number of rotatable bonds is 4. The molecule has 2 heterocycles. The van der Waals surface area contributed by atoms with Crippen LogP contribution in [0.4, 0.5) is 23.1 Å². The highest BCUT2D eigenvalue weighted by Crippen LogP contribution is 2.32. The van der Waals surface area contributed by atoms with E-state index in [2.05, 4.69) is 25.8 Å². The predicted octanol–water partition coefficient (Wildman–Crippen LogP) is 4.57. The standard InChI is InChI=1S/C14H11Cl2N5O/c1-8-5-13(21-22-8)19-11-6-12(18-7-17-11)20-14-9(15)3-2-4-10(14)16/h2-7H,1H3,(H2,17,18,19,20,21). The van der Waals surface area contributed by atoms with E-state index >= 15 is 0 Å². The second-order valence-electron chi connectivity index (χ2n) is 4.46. The fraction of sp³-hybridized carbons (Fsp3) is 0.0714. The number of hydrogen-bond donors (Lipinski definition) is 2. The van der Waals surface area contributed by atoms with Crippen molar-refractivity contribution < 1.29 is 4.52 Å². The molecule has 3 aromatic rings. The highest BCUT2D eigenvalue weighted by atomic mass is 35.5. The Balaban J connectivity index is 1.82. The lowest BCUT2D eigenvalue weighted by molar-refractivity contribution is 0.400. The second-order valence-corrected chi connectivity index (χ2v) is 5.27. The van der Waals surface area contributed by atoms with Crippen molar-refractivity contribution in [2.75, 3.05) is 10.6 Å². The van der Waals surface area contributed by atoms with Gasteiger partial charge in [-0.2, -0.15) is 0 Å². The maximum Gasteiger partial charge on any atom is 0.175 e. The monoisotopic (exact) mass is 335 g/mol. The molecule has 1 aromatic carbocycles. The molecule has 0 amide bonds. The third kappa shape index (κ3) is 3.29. The number of benzene rings is 1. The number of hydrogen-bond acceptors (Lipinski definition) is 6. The molecule has 0 aliphatic rings. The van der Waals surface area contributed by atoms with Crippen LogP contribution < -0.4 is 10.6 Å². The van der Waals surface area contributed by atoms with Gasteiger partial charge in [0.1, 0.15) is 23.7 Å². The molecule has 3 rings (SSSR count). The molecule has 0 atom stereocenters. The number of aromatic nitrogens is 3. The summed E-state index contributed by atoms with van der Waals surface area (Å²) < 4.78 is 4.99. The highest BCUT2D eigenvalue weighted by Gasteiger charge is 2.08. The third-order valence-electron chi connectivity index (χ3n) is 2.77. The Kier molecular flexibility index (Phi) is 4.13. The Morgan fingerprint density at radius 2 is 1.64 bits per heavy atom. The van der Waals surface area contributed by atoms with E-state index in [0.29, 0.717) is 38.9 Å². The quantitative estimate of drug-likeness (QED) is 0.727.